The SMILES string of the molecule is Nc1ccc(Oc2ccc(Br)cc2)c(S(N)(=O)=O)c1. The summed E-state index contributed by atoms with van der Waals surface area (Å²) in [6.45, 7) is 0. The van der Waals surface area contributed by atoms with Crippen molar-refractivity contribution in [2.45, 2.75) is 4.90 Å². The Bertz CT molecular complexity index is 699. The molecule has 0 saturated carbocycles. The van der Waals surface area contributed by atoms with Crippen molar-refractivity contribution in [2.75, 3.05) is 5.73 Å². The summed E-state index contributed by atoms with van der Waals surface area (Å²) < 4.78 is 29.4. The van der Waals surface area contributed by atoms with E-state index >= 15 is 0 Å². The van der Waals surface area contributed by atoms with E-state index < -0.39 is 10.0 Å². The Morgan fingerprint density at radius 3 is 2.26 bits per heavy atom. The molecule has 0 heterocycles. The molecule has 2 aromatic carbocycles. The third-order valence-corrected chi connectivity index (χ3v) is 3.78. The minimum absolute atomic E-state index is 0.138. The molecular weight excluding hydrogens is 332 g/mol. The lowest BCUT2D eigenvalue weighted by molar-refractivity contribution is 0.467. The van der Waals surface area contributed by atoms with Crippen LogP contribution in [0.2, 0.25) is 0 Å². The Morgan fingerprint density at radius 1 is 1.05 bits per heavy atom. The van der Waals surface area contributed by atoms with Crippen molar-refractivity contribution < 1.29 is 13.2 Å². The van der Waals surface area contributed by atoms with Gasteiger partial charge >= 0.3 is 0 Å². The standard InChI is InChI=1S/C12H11BrN2O3S/c13-8-1-4-10(5-2-8)18-11-6-3-9(14)7-12(11)19(15,16)17/h1-7H,14H2,(H2,15,16,17). The van der Waals surface area contributed by atoms with Crippen LogP contribution in [0.5, 0.6) is 11.5 Å². The number of nitrogen functional groups attached to an aromatic ring is 1. The summed E-state index contributed by atoms with van der Waals surface area (Å²) in [5.74, 6) is 0.636. The van der Waals surface area contributed by atoms with Gasteiger partial charge in [0.25, 0.3) is 0 Å². The van der Waals surface area contributed by atoms with E-state index in [1.165, 1.54) is 12.1 Å². The van der Waals surface area contributed by atoms with Crippen LogP contribution in [0.4, 0.5) is 5.69 Å². The van der Waals surface area contributed by atoms with Crippen LogP contribution in [0.1, 0.15) is 0 Å². The average Bonchev–Trinajstić information content (AvgIpc) is 2.33. The number of sulfonamides is 1. The van der Waals surface area contributed by atoms with Gasteiger partial charge in [0.2, 0.25) is 10.0 Å². The minimum Gasteiger partial charge on any atom is -0.456 e. The first-order valence-electron chi connectivity index (χ1n) is 5.22. The van der Waals surface area contributed by atoms with Gasteiger partial charge in [-0.25, -0.2) is 13.6 Å². The van der Waals surface area contributed by atoms with Gasteiger partial charge < -0.3 is 10.5 Å². The number of primary sulfonamides is 1. The zero-order chi connectivity index (χ0) is 14.0. The molecule has 0 bridgehead atoms. The molecule has 0 amide bonds. The monoisotopic (exact) mass is 342 g/mol. The maximum Gasteiger partial charge on any atom is 0.241 e. The molecular formula is C12H11BrN2O3S. The van der Waals surface area contributed by atoms with Crippen LogP contribution in [0.25, 0.3) is 0 Å². The molecule has 2 aromatic rings. The van der Waals surface area contributed by atoms with Crippen molar-refractivity contribution in [2.24, 2.45) is 5.14 Å². The fourth-order valence-corrected chi connectivity index (χ4v) is 2.42. The minimum atomic E-state index is -3.90. The van der Waals surface area contributed by atoms with Crippen molar-refractivity contribution in [1.29, 1.82) is 0 Å². The highest BCUT2D eigenvalue weighted by Gasteiger charge is 2.16. The van der Waals surface area contributed by atoms with Gasteiger partial charge in [-0.15, -0.1) is 0 Å². The number of anilines is 1. The average molecular weight is 343 g/mol. The number of hydrogen-bond acceptors (Lipinski definition) is 4. The Balaban J connectivity index is 2.43. The highest BCUT2D eigenvalue weighted by molar-refractivity contribution is 9.10. The van der Waals surface area contributed by atoms with Gasteiger partial charge in [-0.3, -0.25) is 0 Å². The molecule has 0 radical (unpaired) electrons. The van der Waals surface area contributed by atoms with Crippen LogP contribution in [0, 0.1) is 0 Å². The van der Waals surface area contributed by atoms with E-state index in [1.807, 2.05) is 0 Å². The summed E-state index contributed by atoms with van der Waals surface area (Å²) in [5.41, 5.74) is 5.85. The molecule has 0 aliphatic heterocycles. The molecule has 0 aromatic heterocycles. The predicted octanol–water partition coefficient (Wildman–Crippen LogP) is 2.47. The maximum absolute atomic E-state index is 11.5. The number of benzene rings is 2. The number of rotatable bonds is 3. The highest BCUT2D eigenvalue weighted by atomic mass is 79.9. The van der Waals surface area contributed by atoms with Crippen LogP contribution in [-0.4, -0.2) is 8.42 Å². The zero-order valence-corrected chi connectivity index (χ0v) is 12.1. The van der Waals surface area contributed by atoms with E-state index in [2.05, 4.69) is 15.9 Å². The number of ether oxygens (including phenoxy) is 1. The molecule has 100 valence electrons. The lowest BCUT2D eigenvalue weighted by Crippen LogP contribution is -2.13. The molecule has 7 heteroatoms. The first kappa shape index (κ1) is 13.9. The first-order valence-corrected chi connectivity index (χ1v) is 7.56. The van der Waals surface area contributed by atoms with Gasteiger partial charge in [-0.1, -0.05) is 15.9 Å². The Labute approximate surface area is 119 Å². The van der Waals surface area contributed by atoms with E-state index in [-0.39, 0.29) is 10.6 Å². The number of hydrogen-bond donors (Lipinski definition) is 2. The fraction of sp³-hybridized carbons (Fsp3) is 0. The molecule has 0 unspecified atom stereocenters. The normalized spacial score (nSPS) is 11.3. The smallest absolute Gasteiger partial charge is 0.241 e. The van der Waals surface area contributed by atoms with Gasteiger partial charge in [0, 0.05) is 10.2 Å². The predicted molar refractivity (Wildman–Crippen MR) is 76.4 cm³/mol. The summed E-state index contributed by atoms with van der Waals surface area (Å²) in [6, 6.07) is 11.2. The van der Waals surface area contributed by atoms with Crippen molar-refractivity contribution in [3.05, 3.63) is 46.9 Å². The molecule has 2 rings (SSSR count). The fourth-order valence-electron chi connectivity index (χ4n) is 1.46. The third-order valence-electron chi connectivity index (χ3n) is 2.32. The van der Waals surface area contributed by atoms with Gasteiger partial charge in [0.05, 0.1) is 0 Å². The third kappa shape index (κ3) is 3.46. The Kier molecular flexibility index (Phi) is 3.79. The summed E-state index contributed by atoms with van der Waals surface area (Å²) >= 11 is 3.30. The maximum atomic E-state index is 11.5. The van der Waals surface area contributed by atoms with Gasteiger partial charge in [0.15, 0.2) is 0 Å². The van der Waals surface area contributed by atoms with Crippen molar-refractivity contribution in [3.8, 4) is 11.5 Å². The molecule has 0 spiro atoms. The van der Waals surface area contributed by atoms with Crippen LogP contribution in [0.15, 0.2) is 51.8 Å². The first-order chi connectivity index (χ1) is 8.86. The van der Waals surface area contributed by atoms with Crippen LogP contribution in [0.3, 0.4) is 0 Å². The lowest BCUT2D eigenvalue weighted by atomic mass is 10.3. The number of nitrogens with two attached hydrogens (primary N) is 2. The summed E-state index contributed by atoms with van der Waals surface area (Å²) in [6.07, 6.45) is 0. The van der Waals surface area contributed by atoms with Gasteiger partial charge in [-0.05, 0) is 42.5 Å². The summed E-state index contributed by atoms with van der Waals surface area (Å²) in [7, 11) is -3.90. The van der Waals surface area contributed by atoms with Crippen LogP contribution < -0.4 is 15.6 Å². The summed E-state index contributed by atoms with van der Waals surface area (Å²) in [5, 5.41) is 5.13. The molecule has 0 aliphatic rings. The Morgan fingerprint density at radius 2 is 1.68 bits per heavy atom. The van der Waals surface area contributed by atoms with E-state index in [4.69, 9.17) is 15.6 Å². The second-order valence-electron chi connectivity index (χ2n) is 3.81. The molecule has 0 saturated heterocycles. The molecule has 19 heavy (non-hydrogen) atoms. The molecule has 5 nitrogen and oxygen atoms in total. The molecule has 0 atom stereocenters. The van der Waals surface area contributed by atoms with Crippen molar-refractivity contribution in [3.63, 3.8) is 0 Å². The van der Waals surface area contributed by atoms with E-state index in [0.29, 0.717) is 11.4 Å². The van der Waals surface area contributed by atoms with Crippen LogP contribution in [-0.2, 0) is 10.0 Å². The van der Waals surface area contributed by atoms with E-state index in [0.717, 1.165) is 4.47 Å². The second kappa shape index (κ2) is 5.20. The van der Waals surface area contributed by atoms with Gasteiger partial charge in [0.1, 0.15) is 16.4 Å². The largest absolute Gasteiger partial charge is 0.456 e. The van der Waals surface area contributed by atoms with Crippen LogP contribution >= 0.6 is 15.9 Å². The Hall–Kier alpha value is -1.57. The quantitative estimate of drug-likeness (QED) is 0.837. The topological polar surface area (TPSA) is 95.4 Å². The van der Waals surface area contributed by atoms with Crippen molar-refractivity contribution in [1.82, 2.24) is 0 Å². The molecule has 4 N–H and O–H groups in total. The zero-order valence-electron chi connectivity index (χ0n) is 9.71. The summed E-state index contributed by atoms with van der Waals surface area (Å²) in [4.78, 5) is -0.143. The van der Waals surface area contributed by atoms with Crippen molar-refractivity contribution >= 4 is 31.6 Å². The molecule has 0 aliphatic carbocycles. The molecule has 0 fully saturated rings. The van der Waals surface area contributed by atoms with E-state index in [9.17, 15) is 8.42 Å². The second-order valence-corrected chi connectivity index (χ2v) is 6.25. The highest BCUT2D eigenvalue weighted by Crippen LogP contribution is 2.30. The van der Waals surface area contributed by atoms with Gasteiger partial charge in [-0.2, -0.15) is 0 Å². The van der Waals surface area contributed by atoms with E-state index in [1.54, 1.807) is 30.3 Å². The number of halogens is 1. The lowest BCUT2D eigenvalue weighted by Gasteiger charge is -2.10.